The highest BCUT2D eigenvalue weighted by Crippen LogP contribution is 2.25. The number of fused-ring (bicyclic) bond motifs is 1. The summed E-state index contributed by atoms with van der Waals surface area (Å²) in [7, 11) is 0. The molecule has 0 spiro atoms. The normalized spacial score (nSPS) is 14.6. The van der Waals surface area contributed by atoms with E-state index in [-0.39, 0.29) is 30.8 Å². The highest BCUT2D eigenvalue weighted by molar-refractivity contribution is 6.06. The molecule has 0 atom stereocenters. The minimum absolute atomic E-state index is 0. The molecule has 0 unspecified atom stereocenters. The fraction of sp³-hybridized carbons (Fsp3) is 0.182. The molecule has 2 rings (SSSR count). The summed E-state index contributed by atoms with van der Waals surface area (Å²) in [5, 5.41) is 11.3. The fourth-order valence-corrected chi connectivity index (χ4v) is 1.96. The Bertz CT molecular complexity index is 520. The van der Waals surface area contributed by atoms with Gasteiger partial charge in [-0.25, -0.2) is 0 Å². The number of guanidine groups is 1. The first-order chi connectivity index (χ1) is 8.22. The smallest absolute Gasteiger partial charge is 0.211 e. The van der Waals surface area contributed by atoms with Crippen LogP contribution in [0, 0.1) is 0 Å². The lowest BCUT2D eigenvalue weighted by atomic mass is 10.0. The maximum atomic E-state index is 5.25. The zero-order valence-corrected chi connectivity index (χ0v) is 11.7. The van der Waals surface area contributed by atoms with Gasteiger partial charge in [-0.1, -0.05) is 18.2 Å². The van der Waals surface area contributed by atoms with Crippen molar-refractivity contribution in [2.75, 3.05) is 0 Å². The molecule has 1 aliphatic rings. The van der Waals surface area contributed by atoms with Gasteiger partial charge in [-0.15, -0.1) is 29.9 Å². The number of halogens is 2. The molecule has 6 nitrogen and oxygen atoms in total. The van der Waals surface area contributed by atoms with Gasteiger partial charge in [0.25, 0.3) is 0 Å². The first kappa shape index (κ1) is 17.2. The number of hydrazone groups is 1. The molecule has 6 N–H and O–H groups in total. The Morgan fingerprint density at radius 2 is 1.89 bits per heavy atom. The predicted molar refractivity (Wildman–Crippen MR) is 83.4 cm³/mol. The van der Waals surface area contributed by atoms with E-state index in [0.717, 1.165) is 29.7 Å². The van der Waals surface area contributed by atoms with Gasteiger partial charge in [0.15, 0.2) is 0 Å². The zero-order valence-electron chi connectivity index (χ0n) is 10.1. The van der Waals surface area contributed by atoms with Gasteiger partial charge in [0.1, 0.15) is 0 Å². The van der Waals surface area contributed by atoms with Crippen molar-refractivity contribution in [3.8, 4) is 0 Å². The molecule has 0 saturated heterocycles. The molecule has 0 aromatic heterocycles. The quantitative estimate of drug-likeness (QED) is 0.324. The standard InChI is InChI=1S/C11H14N6.2ClH/c12-11(13)17-16-10-5-4-8-7(6-15-14)2-1-3-9(8)10;;/h1-3,6H,4-5,14H2,(H4,12,13,17);2*1H. The second-order valence-corrected chi connectivity index (χ2v) is 3.72. The minimum atomic E-state index is -0.0365. The Balaban J connectivity index is 0.00000162. The summed E-state index contributed by atoms with van der Waals surface area (Å²) in [5.74, 6) is 5.14. The molecule has 8 heteroatoms. The van der Waals surface area contributed by atoms with Crippen LogP contribution in [-0.2, 0) is 6.42 Å². The van der Waals surface area contributed by atoms with Crippen molar-refractivity contribution in [3.63, 3.8) is 0 Å². The highest BCUT2D eigenvalue weighted by Gasteiger charge is 2.19. The lowest BCUT2D eigenvalue weighted by molar-refractivity contribution is 1.07. The molecule has 1 aromatic carbocycles. The Kier molecular flexibility index (Phi) is 6.89. The van der Waals surface area contributed by atoms with Gasteiger partial charge in [-0.2, -0.15) is 10.2 Å². The van der Waals surface area contributed by atoms with Crippen LogP contribution >= 0.6 is 24.8 Å². The van der Waals surface area contributed by atoms with Crippen LogP contribution in [0.2, 0.25) is 0 Å². The van der Waals surface area contributed by atoms with Crippen molar-refractivity contribution in [3.05, 3.63) is 34.9 Å². The van der Waals surface area contributed by atoms with Crippen molar-refractivity contribution < 1.29 is 0 Å². The number of nitrogens with zero attached hydrogens (tertiary/aromatic N) is 3. The van der Waals surface area contributed by atoms with E-state index in [4.69, 9.17) is 17.3 Å². The Morgan fingerprint density at radius 3 is 2.53 bits per heavy atom. The second kappa shape index (κ2) is 7.60. The largest absolute Gasteiger partial charge is 0.369 e. The molecule has 0 fully saturated rings. The average Bonchev–Trinajstić information content (AvgIpc) is 2.71. The predicted octanol–water partition coefficient (Wildman–Crippen LogP) is 0.746. The molecule has 0 radical (unpaired) electrons. The molecule has 1 aromatic rings. The van der Waals surface area contributed by atoms with E-state index in [1.165, 1.54) is 5.56 Å². The monoisotopic (exact) mass is 302 g/mol. The third-order valence-electron chi connectivity index (χ3n) is 2.63. The minimum Gasteiger partial charge on any atom is -0.369 e. The van der Waals surface area contributed by atoms with Gasteiger partial charge in [0.2, 0.25) is 5.96 Å². The van der Waals surface area contributed by atoms with Crippen molar-refractivity contribution in [2.45, 2.75) is 12.8 Å². The van der Waals surface area contributed by atoms with E-state index in [1.54, 1.807) is 6.21 Å². The van der Waals surface area contributed by atoms with Crippen molar-refractivity contribution >= 4 is 42.7 Å². The maximum absolute atomic E-state index is 5.25. The van der Waals surface area contributed by atoms with Crippen molar-refractivity contribution in [1.82, 2.24) is 0 Å². The summed E-state index contributed by atoms with van der Waals surface area (Å²) in [6.45, 7) is 0. The SMILES string of the molecule is Cl.Cl.NN=Cc1cccc2c1CCC2=NN=C(N)N. The summed E-state index contributed by atoms with van der Waals surface area (Å²) in [5.41, 5.74) is 14.7. The number of nitrogens with two attached hydrogens (primary N) is 3. The van der Waals surface area contributed by atoms with Crippen LogP contribution in [0.3, 0.4) is 0 Å². The lowest BCUT2D eigenvalue weighted by Gasteiger charge is -2.02. The van der Waals surface area contributed by atoms with Crippen molar-refractivity contribution in [2.24, 2.45) is 32.6 Å². The first-order valence-corrected chi connectivity index (χ1v) is 5.23. The van der Waals surface area contributed by atoms with Gasteiger partial charge in [0.05, 0.1) is 11.9 Å². The molecule has 0 heterocycles. The second-order valence-electron chi connectivity index (χ2n) is 3.72. The van der Waals surface area contributed by atoms with Crippen LogP contribution in [0.25, 0.3) is 0 Å². The zero-order chi connectivity index (χ0) is 12.3. The lowest BCUT2D eigenvalue weighted by Crippen LogP contribution is -2.22. The topological polar surface area (TPSA) is 115 Å². The summed E-state index contributed by atoms with van der Waals surface area (Å²) >= 11 is 0. The number of hydrogen-bond acceptors (Lipinski definition) is 4. The van der Waals surface area contributed by atoms with Crippen LogP contribution in [0.5, 0.6) is 0 Å². The van der Waals surface area contributed by atoms with E-state index in [1.807, 2.05) is 18.2 Å². The van der Waals surface area contributed by atoms with Crippen LogP contribution in [-0.4, -0.2) is 17.9 Å². The summed E-state index contributed by atoms with van der Waals surface area (Å²) < 4.78 is 0. The van der Waals surface area contributed by atoms with Crippen LogP contribution in [0.1, 0.15) is 23.1 Å². The number of hydrogen-bond donors (Lipinski definition) is 3. The van der Waals surface area contributed by atoms with E-state index < -0.39 is 0 Å². The molecular formula is C11H16Cl2N6. The molecule has 0 amide bonds. The van der Waals surface area contributed by atoms with Crippen LogP contribution in [0.4, 0.5) is 0 Å². The maximum Gasteiger partial charge on any atom is 0.211 e. The van der Waals surface area contributed by atoms with Crippen molar-refractivity contribution in [1.29, 1.82) is 0 Å². The Hall–Kier alpha value is -1.79. The van der Waals surface area contributed by atoms with Gasteiger partial charge >= 0.3 is 0 Å². The van der Waals surface area contributed by atoms with E-state index >= 15 is 0 Å². The van der Waals surface area contributed by atoms with Gasteiger partial charge < -0.3 is 17.3 Å². The van der Waals surface area contributed by atoms with Gasteiger partial charge in [-0.3, -0.25) is 0 Å². The highest BCUT2D eigenvalue weighted by atomic mass is 35.5. The molecule has 0 bridgehead atoms. The molecule has 0 aliphatic heterocycles. The van der Waals surface area contributed by atoms with E-state index in [2.05, 4.69) is 15.3 Å². The van der Waals surface area contributed by atoms with Gasteiger partial charge in [0, 0.05) is 5.56 Å². The molecule has 0 saturated carbocycles. The fourth-order valence-electron chi connectivity index (χ4n) is 1.96. The third-order valence-corrected chi connectivity index (χ3v) is 2.63. The average molecular weight is 303 g/mol. The third kappa shape index (κ3) is 3.84. The molecular weight excluding hydrogens is 287 g/mol. The summed E-state index contributed by atoms with van der Waals surface area (Å²) in [6, 6.07) is 5.90. The van der Waals surface area contributed by atoms with E-state index in [9.17, 15) is 0 Å². The van der Waals surface area contributed by atoms with Crippen LogP contribution < -0.4 is 17.3 Å². The Labute approximate surface area is 123 Å². The Morgan fingerprint density at radius 1 is 1.16 bits per heavy atom. The first-order valence-electron chi connectivity index (χ1n) is 5.23. The summed E-state index contributed by atoms with van der Waals surface area (Å²) in [6.07, 6.45) is 3.36. The van der Waals surface area contributed by atoms with Gasteiger partial charge in [-0.05, 0) is 24.0 Å². The van der Waals surface area contributed by atoms with E-state index in [0.29, 0.717) is 0 Å². The summed E-state index contributed by atoms with van der Waals surface area (Å²) in [4.78, 5) is 0. The van der Waals surface area contributed by atoms with Crippen LogP contribution in [0.15, 0.2) is 33.5 Å². The number of rotatable bonds is 2. The molecule has 104 valence electrons. The number of benzene rings is 1. The molecule has 19 heavy (non-hydrogen) atoms. The molecule has 1 aliphatic carbocycles.